The van der Waals surface area contributed by atoms with Crippen LogP contribution < -0.4 is 0 Å². The van der Waals surface area contributed by atoms with Gasteiger partial charge in [0.1, 0.15) is 5.65 Å². The molecule has 6 nitrogen and oxygen atoms in total. The second kappa shape index (κ2) is 10.6. The molecule has 1 aliphatic rings. The molecular formula is C33H29N5O. The van der Waals surface area contributed by atoms with Gasteiger partial charge in [0, 0.05) is 50.0 Å². The first-order valence-electron chi connectivity index (χ1n) is 13.2. The fourth-order valence-corrected chi connectivity index (χ4v) is 5.32. The van der Waals surface area contributed by atoms with E-state index in [2.05, 4.69) is 51.9 Å². The summed E-state index contributed by atoms with van der Waals surface area (Å²) in [4.78, 5) is 22.3. The summed E-state index contributed by atoms with van der Waals surface area (Å²) in [6.45, 7) is 6.16. The number of rotatable bonds is 5. The molecule has 0 bridgehead atoms. The van der Waals surface area contributed by atoms with Gasteiger partial charge in [-0.25, -0.2) is 4.98 Å². The minimum absolute atomic E-state index is 0.0877. The lowest BCUT2D eigenvalue weighted by atomic mass is 10.0. The molecule has 1 fully saturated rings. The summed E-state index contributed by atoms with van der Waals surface area (Å²) >= 11 is 0. The first kappa shape index (κ1) is 24.6. The standard InChI is InChI=1S/C33H29N5O/c1-24-32(28-9-7-25(21-34)8-10-28)38-23-30(15-16-31(38)35-24)27-11-13-29(14-12-27)33(39)37-19-17-36(18-20-37)22-26-5-3-2-4-6-26/h2-16,23H,17-20,22H2,1H3. The first-order chi connectivity index (χ1) is 19.1. The Kier molecular flexibility index (Phi) is 6.66. The van der Waals surface area contributed by atoms with Crippen LogP contribution in [0.5, 0.6) is 0 Å². The van der Waals surface area contributed by atoms with Crippen LogP contribution in [-0.4, -0.2) is 51.3 Å². The van der Waals surface area contributed by atoms with E-state index in [0.717, 1.165) is 66.4 Å². The van der Waals surface area contributed by atoms with E-state index in [-0.39, 0.29) is 5.91 Å². The monoisotopic (exact) mass is 511 g/mol. The number of hydrogen-bond acceptors (Lipinski definition) is 4. The molecule has 0 spiro atoms. The van der Waals surface area contributed by atoms with Crippen molar-refractivity contribution < 1.29 is 4.79 Å². The number of nitrogens with zero attached hydrogens (tertiary/aromatic N) is 5. The number of imidazole rings is 1. The molecular weight excluding hydrogens is 482 g/mol. The summed E-state index contributed by atoms with van der Waals surface area (Å²) in [5.41, 5.74) is 8.57. The number of aryl methyl sites for hydroxylation is 1. The van der Waals surface area contributed by atoms with Crippen molar-refractivity contribution in [2.24, 2.45) is 0 Å². The second-order valence-electron chi connectivity index (χ2n) is 10.0. The van der Waals surface area contributed by atoms with Crippen molar-refractivity contribution >= 4 is 11.6 Å². The van der Waals surface area contributed by atoms with E-state index in [1.165, 1.54) is 5.56 Å². The lowest BCUT2D eigenvalue weighted by molar-refractivity contribution is 0.0628. The van der Waals surface area contributed by atoms with E-state index in [1.54, 1.807) is 0 Å². The van der Waals surface area contributed by atoms with E-state index in [9.17, 15) is 4.79 Å². The summed E-state index contributed by atoms with van der Waals surface area (Å²) in [5, 5.41) is 9.14. The van der Waals surface area contributed by atoms with Gasteiger partial charge in [0.05, 0.1) is 23.0 Å². The van der Waals surface area contributed by atoms with Crippen molar-refractivity contribution in [2.45, 2.75) is 13.5 Å². The minimum Gasteiger partial charge on any atom is -0.336 e. The van der Waals surface area contributed by atoms with Crippen LogP contribution in [0.2, 0.25) is 0 Å². The molecule has 0 saturated carbocycles. The third kappa shape index (κ3) is 5.05. The van der Waals surface area contributed by atoms with Crippen molar-refractivity contribution in [2.75, 3.05) is 26.2 Å². The Hall–Kier alpha value is -4.73. The van der Waals surface area contributed by atoms with Gasteiger partial charge in [0.25, 0.3) is 5.91 Å². The lowest BCUT2D eigenvalue weighted by Crippen LogP contribution is -2.48. The topological polar surface area (TPSA) is 64.6 Å². The number of carbonyl (C=O) groups is 1. The van der Waals surface area contributed by atoms with Crippen LogP contribution in [-0.2, 0) is 6.54 Å². The molecule has 1 saturated heterocycles. The van der Waals surface area contributed by atoms with Crippen molar-refractivity contribution in [3.63, 3.8) is 0 Å². The number of aromatic nitrogens is 2. The molecule has 1 amide bonds. The molecule has 6 rings (SSSR count). The largest absolute Gasteiger partial charge is 0.336 e. The summed E-state index contributed by atoms with van der Waals surface area (Å²) in [7, 11) is 0. The van der Waals surface area contributed by atoms with Crippen LogP contribution in [0.3, 0.4) is 0 Å². The average molecular weight is 512 g/mol. The number of benzene rings is 3. The molecule has 0 radical (unpaired) electrons. The highest BCUT2D eigenvalue weighted by Crippen LogP contribution is 2.28. The second-order valence-corrected chi connectivity index (χ2v) is 10.0. The van der Waals surface area contributed by atoms with E-state index in [0.29, 0.717) is 11.1 Å². The molecule has 2 aromatic heterocycles. The van der Waals surface area contributed by atoms with Gasteiger partial charge < -0.3 is 4.90 Å². The van der Waals surface area contributed by atoms with Crippen LogP contribution in [0.25, 0.3) is 28.0 Å². The summed E-state index contributed by atoms with van der Waals surface area (Å²) < 4.78 is 2.10. The SMILES string of the molecule is Cc1nc2ccc(-c3ccc(C(=O)N4CCN(Cc5ccccc5)CC4)cc3)cn2c1-c1ccc(C#N)cc1. The van der Waals surface area contributed by atoms with Crippen LogP contribution in [0, 0.1) is 18.3 Å². The third-order valence-electron chi connectivity index (χ3n) is 7.45. The minimum atomic E-state index is 0.0877. The van der Waals surface area contributed by atoms with E-state index in [1.807, 2.05) is 72.5 Å². The van der Waals surface area contributed by atoms with Gasteiger partial charge in [-0.15, -0.1) is 0 Å². The number of piperazine rings is 1. The Morgan fingerprint density at radius 3 is 2.18 bits per heavy atom. The molecule has 1 aliphatic heterocycles. The number of hydrogen-bond donors (Lipinski definition) is 0. The van der Waals surface area contributed by atoms with Gasteiger partial charge in [0.15, 0.2) is 0 Å². The Morgan fingerprint density at radius 1 is 0.821 bits per heavy atom. The predicted molar refractivity (Wildman–Crippen MR) is 153 cm³/mol. The number of amides is 1. The quantitative estimate of drug-likeness (QED) is 0.299. The van der Waals surface area contributed by atoms with Crippen molar-refractivity contribution in [3.05, 3.63) is 120 Å². The number of carbonyl (C=O) groups excluding carboxylic acids is 1. The normalized spacial score (nSPS) is 13.9. The van der Waals surface area contributed by atoms with Gasteiger partial charge >= 0.3 is 0 Å². The smallest absolute Gasteiger partial charge is 0.253 e. The summed E-state index contributed by atoms with van der Waals surface area (Å²) in [6.07, 6.45) is 2.09. The molecule has 5 aromatic rings. The Morgan fingerprint density at radius 2 is 1.49 bits per heavy atom. The van der Waals surface area contributed by atoms with Crippen molar-refractivity contribution in [3.8, 4) is 28.5 Å². The zero-order valence-electron chi connectivity index (χ0n) is 21.9. The maximum Gasteiger partial charge on any atom is 0.253 e. The zero-order chi connectivity index (χ0) is 26.8. The number of fused-ring (bicyclic) bond motifs is 1. The molecule has 192 valence electrons. The molecule has 39 heavy (non-hydrogen) atoms. The highest BCUT2D eigenvalue weighted by Gasteiger charge is 2.22. The van der Waals surface area contributed by atoms with Crippen LogP contribution >= 0.6 is 0 Å². The Labute approximate surface area is 228 Å². The molecule has 6 heteroatoms. The van der Waals surface area contributed by atoms with Gasteiger partial charge in [-0.05, 0) is 60.0 Å². The molecule has 3 heterocycles. The zero-order valence-corrected chi connectivity index (χ0v) is 21.9. The molecule has 3 aromatic carbocycles. The van der Waals surface area contributed by atoms with Gasteiger partial charge in [-0.2, -0.15) is 5.26 Å². The van der Waals surface area contributed by atoms with E-state index >= 15 is 0 Å². The number of pyridine rings is 1. The van der Waals surface area contributed by atoms with Gasteiger partial charge in [-0.3, -0.25) is 14.1 Å². The summed E-state index contributed by atoms with van der Waals surface area (Å²) in [6, 6.07) is 32.2. The maximum absolute atomic E-state index is 13.2. The fourth-order valence-electron chi connectivity index (χ4n) is 5.32. The fraction of sp³-hybridized carbons (Fsp3) is 0.182. The molecule has 0 atom stereocenters. The highest BCUT2D eigenvalue weighted by molar-refractivity contribution is 5.94. The maximum atomic E-state index is 13.2. The third-order valence-corrected chi connectivity index (χ3v) is 7.45. The van der Waals surface area contributed by atoms with Crippen molar-refractivity contribution in [1.82, 2.24) is 19.2 Å². The van der Waals surface area contributed by atoms with Gasteiger partial charge in [0.2, 0.25) is 0 Å². The Bertz CT molecular complexity index is 1660. The van der Waals surface area contributed by atoms with E-state index in [4.69, 9.17) is 10.2 Å². The molecule has 0 aliphatic carbocycles. The Balaban J connectivity index is 1.17. The predicted octanol–water partition coefficient (Wildman–Crippen LogP) is 5.81. The molecule has 0 unspecified atom stereocenters. The first-order valence-corrected chi connectivity index (χ1v) is 13.2. The van der Waals surface area contributed by atoms with Crippen molar-refractivity contribution in [1.29, 1.82) is 5.26 Å². The van der Waals surface area contributed by atoms with Crippen LogP contribution in [0.15, 0.2) is 97.2 Å². The average Bonchev–Trinajstić information content (AvgIpc) is 3.32. The van der Waals surface area contributed by atoms with E-state index < -0.39 is 0 Å². The lowest BCUT2D eigenvalue weighted by Gasteiger charge is -2.34. The highest BCUT2D eigenvalue weighted by atomic mass is 16.2. The van der Waals surface area contributed by atoms with Crippen LogP contribution in [0.1, 0.15) is 27.2 Å². The summed E-state index contributed by atoms with van der Waals surface area (Å²) in [5.74, 6) is 0.0877. The van der Waals surface area contributed by atoms with Crippen LogP contribution in [0.4, 0.5) is 0 Å². The number of nitriles is 1. The van der Waals surface area contributed by atoms with Gasteiger partial charge in [-0.1, -0.05) is 54.6 Å². The molecule has 0 N–H and O–H groups in total.